The lowest BCUT2D eigenvalue weighted by molar-refractivity contribution is -0.384. The third kappa shape index (κ3) is 2.41. The van der Waals surface area contributed by atoms with Crippen molar-refractivity contribution in [3.63, 3.8) is 0 Å². The van der Waals surface area contributed by atoms with Gasteiger partial charge in [0, 0.05) is 6.20 Å². The molecule has 0 aliphatic heterocycles. The number of nitrogens with zero attached hydrogens (tertiary/aromatic N) is 2. The molecular formula is C11H11N3O3. The summed E-state index contributed by atoms with van der Waals surface area (Å²) in [5, 5.41) is 13.8. The monoisotopic (exact) mass is 233 g/mol. The van der Waals surface area contributed by atoms with Gasteiger partial charge in [-0.15, -0.1) is 0 Å². The van der Waals surface area contributed by atoms with Crippen LogP contribution in [0.1, 0.15) is 18.7 Å². The molecule has 1 N–H and O–H groups in total. The van der Waals surface area contributed by atoms with Gasteiger partial charge < -0.3 is 9.73 Å². The van der Waals surface area contributed by atoms with Crippen LogP contribution in [-0.4, -0.2) is 9.91 Å². The van der Waals surface area contributed by atoms with Gasteiger partial charge in [0.05, 0.1) is 17.2 Å². The number of rotatable bonds is 4. The van der Waals surface area contributed by atoms with Gasteiger partial charge >= 0.3 is 5.69 Å². The van der Waals surface area contributed by atoms with Gasteiger partial charge in [-0.3, -0.25) is 15.1 Å². The van der Waals surface area contributed by atoms with E-state index in [1.807, 2.05) is 13.0 Å². The van der Waals surface area contributed by atoms with Crippen LogP contribution in [0.5, 0.6) is 0 Å². The second-order valence-corrected chi connectivity index (χ2v) is 3.53. The van der Waals surface area contributed by atoms with Crippen LogP contribution in [0.15, 0.2) is 41.3 Å². The predicted octanol–water partition coefficient (Wildman–Crippen LogP) is 2.76. The maximum absolute atomic E-state index is 10.8. The number of furan rings is 1. The van der Waals surface area contributed by atoms with Gasteiger partial charge in [0.2, 0.25) is 0 Å². The minimum absolute atomic E-state index is 0.0501. The van der Waals surface area contributed by atoms with Crippen LogP contribution in [0, 0.1) is 10.1 Å². The summed E-state index contributed by atoms with van der Waals surface area (Å²) in [7, 11) is 0. The Bertz CT molecular complexity index is 510. The molecule has 2 aromatic rings. The topological polar surface area (TPSA) is 81.2 Å². The fourth-order valence-corrected chi connectivity index (χ4v) is 1.50. The standard InChI is InChI=1S/C11H11N3O3/c1-8(11-3-2-6-17-11)13-9-4-5-12-7-10(9)14(15)16/h2-8H,1H3,(H,12,13). The first-order valence-corrected chi connectivity index (χ1v) is 5.07. The van der Waals surface area contributed by atoms with Crippen molar-refractivity contribution in [2.45, 2.75) is 13.0 Å². The van der Waals surface area contributed by atoms with E-state index >= 15 is 0 Å². The van der Waals surface area contributed by atoms with E-state index in [2.05, 4.69) is 10.3 Å². The number of pyridine rings is 1. The number of hydrogen-bond donors (Lipinski definition) is 1. The molecule has 0 bridgehead atoms. The van der Waals surface area contributed by atoms with Gasteiger partial charge in [-0.25, -0.2) is 0 Å². The van der Waals surface area contributed by atoms with Crippen LogP contribution in [-0.2, 0) is 0 Å². The highest BCUT2D eigenvalue weighted by Crippen LogP contribution is 2.26. The van der Waals surface area contributed by atoms with Crippen LogP contribution in [0.2, 0.25) is 0 Å². The van der Waals surface area contributed by atoms with Crippen molar-refractivity contribution in [1.82, 2.24) is 4.98 Å². The van der Waals surface area contributed by atoms with Crippen LogP contribution < -0.4 is 5.32 Å². The fourth-order valence-electron chi connectivity index (χ4n) is 1.50. The summed E-state index contributed by atoms with van der Waals surface area (Å²) in [4.78, 5) is 14.1. The molecule has 6 nitrogen and oxygen atoms in total. The van der Waals surface area contributed by atoms with Crippen LogP contribution in [0.4, 0.5) is 11.4 Å². The number of nitrogens with one attached hydrogen (secondary N) is 1. The zero-order valence-corrected chi connectivity index (χ0v) is 9.16. The Morgan fingerprint density at radius 3 is 3.00 bits per heavy atom. The fraction of sp³-hybridized carbons (Fsp3) is 0.182. The number of hydrogen-bond acceptors (Lipinski definition) is 5. The third-order valence-corrected chi connectivity index (χ3v) is 2.34. The average molecular weight is 233 g/mol. The summed E-state index contributed by atoms with van der Waals surface area (Å²) in [5.74, 6) is 0.719. The molecule has 1 unspecified atom stereocenters. The smallest absolute Gasteiger partial charge is 0.310 e. The highest BCUT2D eigenvalue weighted by molar-refractivity contribution is 5.60. The van der Waals surface area contributed by atoms with Gasteiger partial charge in [0.15, 0.2) is 0 Å². The maximum atomic E-state index is 10.8. The van der Waals surface area contributed by atoms with E-state index in [0.717, 1.165) is 5.76 Å². The van der Waals surface area contributed by atoms with Crippen molar-refractivity contribution in [3.8, 4) is 0 Å². The van der Waals surface area contributed by atoms with E-state index in [0.29, 0.717) is 5.69 Å². The number of aromatic nitrogens is 1. The van der Waals surface area contributed by atoms with E-state index in [-0.39, 0.29) is 11.7 Å². The molecule has 2 rings (SSSR count). The molecule has 0 aliphatic rings. The summed E-state index contributed by atoms with van der Waals surface area (Å²) in [6, 6.07) is 5.00. The lowest BCUT2D eigenvalue weighted by Gasteiger charge is -2.12. The molecule has 1 atom stereocenters. The Hall–Kier alpha value is -2.37. The molecule has 0 aliphatic carbocycles. The summed E-state index contributed by atoms with van der Waals surface area (Å²) in [6.07, 6.45) is 4.29. The first kappa shape index (κ1) is 11.1. The van der Waals surface area contributed by atoms with Crippen LogP contribution in [0.3, 0.4) is 0 Å². The van der Waals surface area contributed by atoms with E-state index in [4.69, 9.17) is 4.42 Å². The minimum Gasteiger partial charge on any atom is -0.467 e. The quantitative estimate of drug-likeness (QED) is 0.648. The first-order chi connectivity index (χ1) is 8.18. The van der Waals surface area contributed by atoms with Crippen molar-refractivity contribution in [2.24, 2.45) is 0 Å². The third-order valence-electron chi connectivity index (χ3n) is 2.34. The largest absolute Gasteiger partial charge is 0.467 e. The molecular weight excluding hydrogens is 222 g/mol. The molecule has 0 fully saturated rings. The van der Waals surface area contributed by atoms with Crippen molar-refractivity contribution in [3.05, 3.63) is 52.7 Å². The Balaban J connectivity index is 2.21. The van der Waals surface area contributed by atoms with Crippen LogP contribution in [0.25, 0.3) is 0 Å². The Labute approximate surface area is 97.4 Å². The first-order valence-electron chi connectivity index (χ1n) is 5.07. The average Bonchev–Trinajstić information content (AvgIpc) is 2.83. The van der Waals surface area contributed by atoms with Gasteiger partial charge in [0.1, 0.15) is 17.6 Å². The molecule has 2 aromatic heterocycles. The van der Waals surface area contributed by atoms with Gasteiger partial charge in [-0.05, 0) is 25.1 Å². The molecule has 0 aromatic carbocycles. The van der Waals surface area contributed by atoms with Gasteiger partial charge in [-0.2, -0.15) is 0 Å². The normalized spacial score (nSPS) is 12.1. The van der Waals surface area contributed by atoms with Crippen molar-refractivity contribution >= 4 is 11.4 Å². The Morgan fingerprint density at radius 1 is 1.53 bits per heavy atom. The molecule has 0 saturated heterocycles. The van der Waals surface area contributed by atoms with Crippen molar-refractivity contribution in [2.75, 3.05) is 5.32 Å². The predicted molar refractivity (Wildman–Crippen MR) is 61.6 cm³/mol. The van der Waals surface area contributed by atoms with Gasteiger partial charge in [-0.1, -0.05) is 0 Å². The van der Waals surface area contributed by atoms with Gasteiger partial charge in [0.25, 0.3) is 0 Å². The number of anilines is 1. The minimum atomic E-state index is -0.468. The molecule has 0 spiro atoms. The molecule has 88 valence electrons. The highest BCUT2D eigenvalue weighted by atomic mass is 16.6. The van der Waals surface area contributed by atoms with Crippen molar-refractivity contribution < 1.29 is 9.34 Å². The van der Waals surface area contributed by atoms with Crippen LogP contribution >= 0.6 is 0 Å². The SMILES string of the molecule is CC(Nc1ccncc1[N+](=O)[O-])c1ccco1. The molecule has 17 heavy (non-hydrogen) atoms. The second kappa shape index (κ2) is 4.65. The Morgan fingerprint density at radius 2 is 2.35 bits per heavy atom. The highest BCUT2D eigenvalue weighted by Gasteiger charge is 2.16. The molecule has 6 heteroatoms. The Kier molecular flexibility index (Phi) is 3.04. The maximum Gasteiger partial charge on any atom is 0.310 e. The van der Waals surface area contributed by atoms with E-state index in [9.17, 15) is 10.1 Å². The summed E-state index contributed by atoms with van der Waals surface area (Å²) >= 11 is 0. The number of nitro groups is 1. The zero-order valence-electron chi connectivity index (χ0n) is 9.16. The lowest BCUT2D eigenvalue weighted by Crippen LogP contribution is -2.07. The van der Waals surface area contributed by atoms with Crippen molar-refractivity contribution in [1.29, 1.82) is 0 Å². The van der Waals surface area contributed by atoms with E-state index in [1.165, 1.54) is 12.4 Å². The molecule has 0 saturated carbocycles. The summed E-state index contributed by atoms with van der Waals surface area (Å²) in [5.41, 5.74) is 0.375. The summed E-state index contributed by atoms with van der Waals surface area (Å²) < 4.78 is 5.22. The molecule has 0 radical (unpaired) electrons. The molecule has 0 amide bonds. The molecule has 2 heterocycles. The summed E-state index contributed by atoms with van der Waals surface area (Å²) in [6.45, 7) is 1.86. The van der Waals surface area contributed by atoms with E-state index in [1.54, 1.807) is 18.4 Å². The lowest BCUT2D eigenvalue weighted by atomic mass is 10.2. The second-order valence-electron chi connectivity index (χ2n) is 3.53. The van der Waals surface area contributed by atoms with E-state index < -0.39 is 4.92 Å². The zero-order chi connectivity index (χ0) is 12.3.